The van der Waals surface area contributed by atoms with Crippen molar-refractivity contribution in [3.63, 3.8) is 0 Å². The molecule has 2 N–H and O–H groups in total. The van der Waals surface area contributed by atoms with Crippen LogP contribution in [0.4, 0.5) is 15.9 Å². The predicted molar refractivity (Wildman–Crippen MR) is 71.3 cm³/mol. The van der Waals surface area contributed by atoms with Gasteiger partial charge in [-0.15, -0.1) is 0 Å². The molecule has 0 spiro atoms. The van der Waals surface area contributed by atoms with Crippen LogP contribution in [0.5, 0.6) is 0 Å². The maximum absolute atomic E-state index is 12.9. The number of pyridine rings is 1. The maximum Gasteiger partial charge on any atom is 0.132 e. The summed E-state index contributed by atoms with van der Waals surface area (Å²) >= 11 is 0. The fourth-order valence-electron chi connectivity index (χ4n) is 1.70. The first-order chi connectivity index (χ1) is 8.58. The Bertz CT molecular complexity index is 523. The van der Waals surface area contributed by atoms with Crippen molar-refractivity contribution in [2.45, 2.75) is 13.0 Å². The van der Waals surface area contributed by atoms with E-state index in [0.717, 1.165) is 17.1 Å². The highest BCUT2D eigenvalue weighted by atomic mass is 19.1. The maximum atomic E-state index is 12.9. The SMILES string of the molecule is CC(N)c1ccnc(N(C)c2ccc(F)cc2)c1. The molecule has 0 bridgehead atoms. The molecule has 2 rings (SSSR count). The minimum atomic E-state index is -0.246. The summed E-state index contributed by atoms with van der Waals surface area (Å²) in [6.45, 7) is 1.93. The second-order valence-corrected chi connectivity index (χ2v) is 4.27. The number of nitrogens with two attached hydrogens (primary N) is 1. The lowest BCUT2D eigenvalue weighted by Crippen LogP contribution is -2.13. The van der Waals surface area contributed by atoms with Crippen molar-refractivity contribution < 1.29 is 4.39 Å². The number of halogens is 1. The Kier molecular flexibility index (Phi) is 3.58. The van der Waals surface area contributed by atoms with Gasteiger partial charge in [-0.2, -0.15) is 0 Å². The quantitative estimate of drug-likeness (QED) is 0.903. The normalized spacial score (nSPS) is 12.2. The lowest BCUT2D eigenvalue weighted by atomic mass is 10.1. The van der Waals surface area contributed by atoms with E-state index in [2.05, 4.69) is 4.98 Å². The number of rotatable bonds is 3. The molecule has 3 nitrogen and oxygen atoms in total. The Labute approximate surface area is 106 Å². The Morgan fingerprint density at radius 1 is 1.22 bits per heavy atom. The molecule has 1 aromatic carbocycles. The van der Waals surface area contributed by atoms with E-state index in [0.29, 0.717) is 0 Å². The van der Waals surface area contributed by atoms with Crippen LogP contribution >= 0.6 is 0 Å². The molecule has 0 aliphatic heterocycles. The molecule has 1 unspecified atom stereocenters. The molecule has 0 fully saturated rings. The molecule has 0 radical (unpaired) electrons. The van der Waals surface area contributed by atoms with Gasteiger partial charge in [0.05, 0.1) is 0 Å². The van der Waals surface area contributed by atoms with Crippen LogP contribution in [0.2, 0.25) is 0 Å². The summed E-state index contributed by atoms with van der Waals surface area (Å²) in [6.07, 6.45) is 1.73. The van der Waals surface area contributed by atoms with Gasteiger partial charge >= 0.3 is 0 Å². The van der Waals surface area contributed by atoms with Gasteiger partial charge in [0.15, 0.2) is 0 Å². The van der Waals surface area contributed by atoms with E-state index in [1.807, 2.05) is 31.0 Å². The number of hydrogen-bond acceptors (Lipinski definition) is 3. The van der Waals surface area contributed by atoms with Crippen molar-refractivity contribution in [3.8, 4) is 0 Å². The molecule has 0 saturated carbocycles. The largest absolute Gasteiger partial charge is 0.329 e. The number of anilines is 2. The van der Waals surface area contributed by atoms with Crippen LogP contribution in [0, 0.1) is 5.82 Å². The molecule has 1 aromatic heterocycles. The van der Waals surface area contributed by atoms with Crippen molar-refractivity contribution in [1.29, 1.82) is 0 Å². The third-order valence-corrected chi connectivity index (χ3v) is 2.85. The van der Waals surface area contributed by atoms with E-state index in [1.165, 1.54) is 12.1 Å². The number of aromatic nitrogens is 1. The van der Waals surface area contributed by atoms with Gasteiger partial charge in [-0.3, -0.25) is 0 Å². The second-order valence-electron chi connectivity index (χ2n) is 4.27. The molecule has 1 heterocycles. The molecular formula is C14H16FN3. The average Bonchev–Trinajstić information content (AvgIpc) is 2.39. The monoisotopic (exact) mass is 245 g/mol. The van der Waals surface area contributed by atoms with E-state index in [-0.39, 0.29) is 11.9 Å². The molecule has 2 aromatic rings. The summed E-state index contributed by atoms with van der Waals surface area (Å²) in [5.41, 5.74) is 7.75. The Morgan fingerprint density at radius 2 is 1.89 bits per heavy atom. The summed E-state index contributed by atoms with van der Waals surface area (Å²) in [7, 11) is 1.89. The van der Waals surface area contributed by atoms with Gasteiger partial charge in [-0.1, -0.05) is 0 Å². The highest BCUT2D eigenvalue weighted by molar-refractivity contribution is 5.59. The number of benzene rings is 1. The van der Waals surface area contributed by atoms with Crippen LogP contribution in [-0.4, -0.2) is 12.0 Å². The minimum absolute atomic E-state index is 0.0339. The summed E-state index contributed by atoms with van der Waals surface area (Å²) in [5.74, 6) is 0.542. The van der Waals surface area contributed by atoms with Crippen LogP contribution in [-0.2, 0) is 0 Å². The summed E-state index contributed by atoms with van der Waals surface area (Å²) < 4.78 is 12.9. The average molecular weight is 245 g/mol. The van der Waals surface area contributed by atoms with Gasteiger partial charge in [0.25, 0.3) is 0 Å². The second kappa shape index (κ2) is 5.14. The van der Waals surface area contributed by atoms with E-state index in [4.69, 9.17) is 5.73 Å². The van der Waals surface area contributed by atoms with E-state index in [9.17, 15) is 4.39 Å². The molecule has 0 amide bonds. The minimum Gasteiger partial charge on any atom is -0.329 e. The van der Waals surface area contributed by atoms with Gasteiger partial charge in [-0.25, -0.2) is 9.37 Å². The summed E-state index contributed by atoms with van der Waals surface area (Å²) in [6, 6.07) is 10.1. The van der Waals surface area contributed by atoms with Gasteiger partial charge < -0.3 is 10.6 Å². The Hall–Kier alpha value is -1.94. The molecule has 4 heteroatoms. The number of hydrogen-bond donors (Lipinski definition) is 1. The molecule has 94 valence electrons. The van der Waals surface area contributed by atoms with Crippen LogP contribution in [0.25, 0.3) is 0 Å². The lowest BCUT2D eigenvalue weighted by molar-refractivity contribution is 0.628. The predicted octanol–water partition coefficient (Wildman–Crippen LogP) is 3.01. The highest BCUT2D eigenvalue weighted by Crippen LogP contribution is 2.23. The van der Waals surface area contributed by atoms with Gasteiger partial charge in [0.2, 0.25) is 0 Å². The zero-order chi connectivity index (χ0) is 13.1. The van der Waals surface area contributed by atoms with Crippen molar-refractivity contribution in [2.75, 3.05) is 11.9 Å². The van der Waals surface area contributed by atoms with E-state index >= 15 is 0 Å². The van der Waals surface area contributed by atoms with Crippen LogP contribution in [0.15, 0.2) is 42.6 Å². The van der Waals surface area contributed by atoms with Gasteiger partial charge in [0.1, 0.15) is 11.6 Å². The zero-order valence-electron chi connectivity index (χ0n) is 10.5. The first kappa shape index (κ1) is 12.5. The third kappa shape index (κ3) is 2.65. The Morgan fingerprint density at radius 3 is 2.50 bits per heavy atom. The smallest absolute Gasteiger partial charge is 0.132 e. The topological polar surface area (TPSA) is 42.1 Å². The molecule has 1 atom stereocenters. The fraction of sp³-hybridized carbons (Fsp3) is 0.214. The first-order valence-electron chi connectivity index (χ1n) is 5.79. The van der Waals surface area contributed by atoms with Crippen LogP contribution in [0.3, 0.4) is 0 Å². The van der Waals surface area contributed by atoms with Crippen LogP contribution in [0.1, 0.15) is 18.5 Å². The van der Waals surface area contributed by atoms with Crippen molar-refractivity contribution in [2.24, 2.45) is 5.73 Å². The van der Waals surface area contributed by atoms with E-state index < -0.39 is 0 Å². The zero-order valence-corrected chi connectivity index (χ0v) is 10.5. The summed E-state index contributed by atoms with van der Waals surface area (Å²) in [4.78, 5) is 6.19. The van der Waals surface area contributed by atoms with E-state index in [1.54, 1.807) is 18.3 Å². The van der Waals surface area contributed by atoms with Crippen LogP contribution < -0.4 is 10.6 Å². The van der Waals surface area contributed by atoms with Gasteiger partial charge in [0, 0.05) is 25.0 Å². The lowest BCUT2D eigenvalue weighted by Gasteiger charge is -2.19. The van der Waals surface area contributed by atoms with Crippen molar-refractivity contribution in [3.05, 3.63) is 54.0 Å². The summed E-state index contributed by atoms with van der Waals surface area (Å²) in [5, 5.41) is 0. The molecule has 0 saturated heterocycles. The fourth-order valence-corrected chi connectivity index (χ4v) is 1.70. The Balaban J connectivity index is 2.30. The first-order valence-corrected chi connectivity index (χ1v) is 5.79. The highest BCUT2D eigenvalue weighted by Gasteiger charge is 2.07. The molecular weight excluding hydrogens is 229 g/mol. The van der Waals surface area contributed by atoms with Crippen molar-refractivity contribution in [1.82, 2.24) is 4.98 Å². The van der Waals surface area contributed by atoms with Crippen molar-refractivity contribution >= 4 is 11.5 Å². The molecule has 18 heavy (non-hydrogen) atoms. The molecule has 0 aliphatic rings. The van der Waals surface area contributed by atoms with Gasteiger partial charge in [-0.05, 0) is 48.9 Å². The number of nitrogens with zero attached hydrogens (tertiary/aromatic N) is 2. The third-order valence-electron chi connectivity index (χ3n) is 2.85. The standard InChI is InChI=1S/C14H16FN3/c1-10(16)11-7-8-17-14(9-11)18(2)13-5-3-12(15)4-6-13/h3-10H,16H2,1-2H3. The molecule has 0 aliphatic carbocycles.